The molecular weight excluding hydrogens is 233 g/mol. The van der Waals surface area contributed by atoms with Gasteiger partial charge in [0.25, 0.3) is 0 Å². The minimum absolute atomic E-state index is 0.218. The lowest BCUT2D eigenvalue weighted by molar-refractivity contribution is -0.0126. The van der Waals surface area contributed by atoms with E-state index in [4.69, 9.17) is 9.47 Å². The minimum atomic E-state index is -0.218. The van der Waals surface area contributed by atoms with E-state index in [9.17, 15) is 0 Å². The van der Waals surface area contributed by atoms with Crippen LogP contribution in [0.25, 0.3) is 0 Å². The minimum Gasteiger partial charge on any atom is -0.492 e. The van der Waals surface area contributed by atoms with E-state index in [1.54, 1.807) is 0 Å². The summed E-state index contributed by atoms with van der Waals surface area (Å²) in [6.07, 6.45) is 0. The van der Waals surface area contributed by atoms with Crippen LogP contribution in [0.1, 0.15) is 19.4 Å². The molecule has 2 atom stereocenters. The second-order valence-electron chi connectivity index (χ2n) is 4.90. The topological polar surface area (TPSA) is 21.7 Å². The number of hydrogen-bond donors (Lipinski definition) is 0. The van der Waals surface area contributed by atoms with Crippen LogP contribution in [0.4, 0.5) is 0 Å². The van der Waals surface area contributed by atoms with Gasteiger partial charge in [0.2, 0.25) is 0 Å². The van der Waals surface area contributed by atoms with Gasteiger partial charge in [-0.1, -0.05) is 27.6 Å². The van der Waals surface area contributed by atoms with E-state index < -0.39 is 0 Å². The summed E-state index contributed by atoms with van der Waals surface area (Å²) in [6.45, 7) is 7.55. The van der Waals surface area contributed by atoms with E-state index in [-0.39, 0.29) is 11.8 Å². The third-order valence-corrected chi connectivity index (χ3v) is 4.21. The summed E-state index contributed by atoms with van der Waals surface area (Å²) in [7, 11) is 2.73. The van der Waals surface area contributed by atoms with Gasteiger partial charge in [0.05, 0.1) is 12.6 Å². The van der Waals surface area contributed by atoms with Crippen LogP contribution >= 0.6 is 9.39 Å². The summed E-state index contributed by atoms with van der Waals surface area (Å²) in [4.78, 5) is 0. The van der Waals surface area contributed by atoms with Gasteiger partial charge in [-0.25, -0.2) is 0 Å². The second kappa shape index (κ2) is 4.93. The zero-order valence-corrected chi connectivity index (χ0v) is 11.8. The molecule has 1 aliphatic heterocycles. The van der Waals surface area contributed by atoms with Crippen LogP contribution in [-0.2, 0) is 4.74 Å². The van der Waals surface area contributed by atoms with Gasteiger partial charge < -0.3 is 9.47 Å². The molecule has 0 amide bonds. The molecule has 2 unspecified atom stereocenters. The van der Waals surface area contributed by atoms with Gasteiger partial charge in [-0.3, -0.25) is 4.67 Å². The Morgan fingerprint density at radius 2 is 2.18 bits per heavy atom. The standard InChI is InChI=1S/C13H20NO2P/c1-10-6-4-5-7-12(10)15-8-11-9-16-13(2,3)14(11)17/h4-7,11H,8-9,17H2,1-3H3. The number of hydrogen-bond acceptors (Lipinski definition) is 3. The fraction of sp³-hybridized carbons (Fsp3) is 0.538. The number of ether oxygens (including phenoxy) is 2. The van der Waals surface area contributed by atoms with E-state index in [0.717, 1.165) is 5.75 Å². The Morgan fingerprint density at radius 3 is 2.76 bits per heavy atom. The van der Waals surface area contributed by atoms with Gasteiger partial charge >= 0.3 is 0 Å². The van der Waals surface area contributed by atoms with Crippen molar-refractivity contribution < 1.29 is 9.47 Å². The fourth-order valence-corrected chi connectivity index (χ4v) is 2.17. The SMILES string of the molecule is Cc1ccccc1OCC1COC(C)(C)N1P. The predicted molar refractivity (Wildman–Crippen MR) is 72.0 cm³/mol. The Bertz CT molecular complexity index is 395. The maximum Gasteiger partial charge on any atom is 0.122 e. The van der Waals surface area contributed by atoms with Crippen molar-refractivity contribution in [3.8, 4) is 5.75 Å². The zero-order chi connectivity index (χ0) is 12.5. The van der Waals surface area contributed by atoms with Crippen molar-refractivity contribution in [3.05, 3.63) is 29.8 Å². The van der Waals surface area contributed by atoms with Crippen molar-refractivity contribution in [1.82, 2.24) is 4.67 Å². The third kappa shape index (κ3) is 2.79. The van der Waals surface area contributed by atoms with Gasteiger partial charge in [-0.15, -0.1) is 0 Å². The molecule has 1 aliphatic rings. The van der Waals surface area contributed by atoms with Crippen LogP contribution in [0.5, 0.6) is 5.75 Å². The van der Waals surface area contributed by atoms with Crippen LogP contribution < -0.4 is 4.74 Å². The van der Waals surface area contributed by atoms with Crippen molar-refractivity contribution in [1.29, 1.82) is 0 Å². The summed E-state index contributed by atoms with van der Waals surface area (Å²) >= 11 is 0. The summed E-state index contributed by atoms with van der Waals surface area (Å²) in [6, 6.07) is 8.36. The molecular formula is C13H20NO2P. The zero-order valence-electron chi connectivity index (χ0n) is 10.6. The highest BCUT2D eigenvalue weighted by Crippen LogP contribution is 2.31. The van der Waals surface area contributed by atoms with Crippen molar-refractivity contribution in [3.63, 3.8) is 0 Å². The van der Waals surface area contributed by atoms with Crippen LogP contribution in [-0.4, -0.2) is 29.7 Å². The number of nitrogens with zero attached hydrogens (tertiary/aromatic N) is 1. The smallest absolute Gasteiger partial charge is 0.122 e. The Morgan fingerprint density at radius 1 is 1.47 bits per heavy atom. The summed E-state index contributed by atoms with van der Waals surface area (Å²) in [5.74, 6) is 0.954. The molecule has 0 spiro atoms. The van der Waals surface area contributed by atoms with Crippen LogP contribution in [0.2, 0.25) is 0 Å². The first-order valence-corrected chi connectivity index (χ1v) is 6.39. The van der Waals surface area contributed by atoms with Crippen molar-refractivity contribution in [2.45, 2.75) is 32.5 Å². The number of aryl methyl sites for hydroxylation is 1. The molecule has 0 N–H and O–H groups in total. The quantitative estimate of drug-likeness (QED) is 0.773. The highest BCUT2D eigenvalue weighted by atomic mass is 31.0. The van der Waals surface area contributed by atoms with E-state index in [2.05, 4.69) is 40.9 Å². The fourth-order valence-electron chi connectivity index (χ4n) is 1.93. The molecule has 0 bridgehead atoms. The first kappa shape index (κ1) is 12.8. The normalized spacial score (nSPS) is 23.9. The first-order valence-electron chi connectivity index (χ1n) is 5.87. The van der Waals surface area contributed by atoms with Crippen LogP contribution in [0.3, 0.4) is 0 Å². The van der Waals surface area contributed by atoms with Gasteiger partial charge in [-0.05, 0) is 32.4 Å². The molecule has 1 aromatic rings. The Hall–Kier alpha value is -0.630. The molecule has 0 aliphatic carbocycles. The molecule has 0 radical (unpaired) electrons. The highest BCUT2D eigenvalue weighted by Gasteiger charge is 2.38. The molecule has 17 heavy (non-hydrogen) atoms. The van der Waals surface area contributed by atoms with Crippen LogP contribution in [0.15, 0.2) is 24.3 Å². The second-order valence-corrected chi connectivity index (χ2v) is 5.45. The summed E-state index contributed by atoms with van der Waals surface area (Å²) in [5, 5.41) is 0. The van der Waals surface area contributed by atoms with Gasteiger partial charge in [-0.2, -0.15) is 0 Å². The largest absolute Gasteiger partial charge is 0.492 e. The van der Waals surface area contributed by atoms with Crippen molar-refractivity contribution in [2.75, 3.05) is 13.2 Å². The average Bonchev–Trinajstić information content (AvgIpc) is 2.54. The number of rotatable bonds is 3. The maximum atomic E-state index is 5.85. The van der Waals surface area contributed by atoms with E-state index in [0.29, 0.717) is 13.2 Å². The molecule has 1 saturated heterocycles. The molecule has 1 aromatic carbocycles. The van der Waals surface area contributed by atoms with Crippen molar-refractivity contribution >= 4 is 9.39 Å². The molecule has 94 valence electrons. The van der Waals surface area contributed by atoms with Crippen LogP contribution in [0, 0.1) is 6.92 Å². The first-order chi connectivity index (χ1) is 8.00. The summed E-state index contributed by atoms with van der Waals surface area (Å²) in [5.41, 5.74) is 0.950. The van der Waals surface area contributed by atoms with Gasteiger partial charge in [0, 0.05) is 0 Å². The van der Waals surface area contributed by atoms with E-state index in [1.807, 2.05) is 18.2 Å². The lowest BCUT2D eigenvalue weighted by Gasteiger charge is -2.29. The molecule has 0 saturated carbocycles. The highest BCUT2D eigenvalue weighted by molar-refractivity contribution is 7.13. The molecule has 1 heterocycles. The molecule has 2 rings (SSSR count). The molecule has 1 fully saturated rings. The number of para-hydroxylation sites is 1. The molecule has 3 nitrogen and oxygen atoms in total. The lowest BCUT2D eigenvalue weighted by Crippen LogP contribution is -2.38. The Labute approximate surface area is 105 Å². The molecule has 4 heteroatoms. The summed E-state index contributed by atoms with van der Waals surface area (Å²) < 4.78 is 13.7. The predicted octanol–water partition coefficient (Wildman–Crippen LogP) is 2.60. The Kier molecular flexibility index (Phi) is 3.72. The maximum absolute atomic E-state index is 5.85. The molecule has 0 aromatic heterocycles. The van der Waals surface area contributed by atoms with Crippen molar-refractivity contribution in [2.24, 2.45) is 0 Å². The number of benzene rings is 1. The average molecular weight is 253 g/mol. The lowest BCUT2D eigenvalue weighted by atomic mass is 10.2. The third-order valence-electron chi connectivity index (χ3n) is 3.17. The monoisotopic (exact) mass is 253 g/mol. The van der Waals surface area contributed by atoms with E-state index in [1.165, 1.54) is 5.56 Å². The van der Waals surface area contributed by atoms with E-state index >= 15 is 0 Å². The Balaban J connectivity index is 1.94. The van der Waals surface area contributed by atoms with Gasteiger partial charge in [0.15, 0.2) is 0 Å². The van der Waals surface area contributed by atoms with Gasteiger partial charge in [0.1, 0.15) is 18.1 Å².